The average Bonchev–Trinajstić information content (AvgIpc) is 3.31. The molecule has 5 rings (SSSR count). The topological polar surface area (TPSA) is 52.8 Å². The summed E-state index contributed by atoms with van der Waals surface area (Å²) in [6.45, 7) is 6.45. The molecule has 34 heavy (non-hydrogen) atoms. The second-order valence-electron chi connectivity index (χ2n) is 8.11. The summed E-state index contributed by atoms with van der Waals surface area (Å²) in [6, 6.07) is 16.0. The first-order valence-electron chi connectivity index (χ1n) is 11.0. The third kappa shape index (κ3) is 4.03. The zero-order valence-corrected chi connectivity index (χ0v) is 19.9. The molecule has 0 radical (unpaired) electrons. The predicted molar refractivity (Wildman–Crippen MR) is 133 cm³/mol. The summed E-state index contributed by atoms with van der Waals surface area (Å²) in [7, 11) is 0. The van der Waals surface area contributed by atoms with Crippen molar-refractivity contribution in [3.05, 3.63) is 97.6 Å². The molecular formula is C27H23FN2O3S. The number of aromatic nitrogens is 2. The molecular weight excluding hydrogens is 451 g/mol. The molecule has 7 heteroatoms. The van der Waals surface area contributed by atoms with Crippen LogP contribution in [0.25, 0.3) is 22.1 Å². The highest BCUT2D eigenvalue weighted by molar-refractivity contribution is 7.15. The van der Waals surface area contributed by atoms with Crippen molar-refractivity contribution in [1.82, 2.24) is 9.38 Å². The Bertz CT molecular complexity index is 1640. The Kier molecular flexibility index (Phi) is 5.79. The molecule has 0 aliphatic heterocycles. The molecule has 0 atom stereocenters. The van der Waals surface area contributed by atoms with Crippen LogP contribution in [-0.2, 0) is 6.61 Å². The van der Waals surface area contributed by atoms with Crippen molar-refractivity contribution in [2.24, 2.45) is 0 Å². The lowest BCUT2D eigenvalue weighted by Gasteiger charge is -2.13. The molecule has 0 unspecified atom stereocenters. The molecule has 0 saturated carbocycles. The Labute approximate surface area is 199 Å². The molecule has 0 fully saturated rings. The first kappa shape index (κ1) is 22.1. The number of halogens is 1. The molecule has 5 aromatic rings. The maximum atomic E-state index is 13.9. The summed E-state index contributed by atoms with van der Waals surface area (Å²) >= 11 is 1.36. The zero-order chi connectivity index (χ0) is 23.8. The normalized spacial score (nSPS) is 12.1. The number of fused-ring (bicyclic) bond motifs is 3. The average molecular weight is 475 g/mol. The SMILES string of the molecule is CCOc1cc(C=c2sc3nc4c(C)cc(C)cc4n3c2=O)ccc1OCc1ccccc1F. The summed E-state index contributed by atoms with van der Waals surface area (Å²) in [5.41, 5.74) is 5.02. The fraction of sp³-hybridized carbons (Fsp3) is 0.185. The minimum atomic E-state index is -0.311. The lowest BCUT2D eigenvalue weighted by atomic mass is 10.1. The highest BCUT2D eigenvalue weighted by atomic mass is 32.1. The van der Waals surface area contributed by atoms with Crippen molar-refractivity contribution < 1.29 is 13.9 Å². The number of imidazole rings is 1. The van der Waals surface area contributed by atoms with E-state index >= 15 is 0 Å². The van der Waals surface area contributed by atoms with E-state index in [0.29, 0.717) is 33.2 Å². The van der Waals surface area contributed by atoms with Gasteiger partial charge in [0, 0.05) is 5.56 Å². The van der Waals surface area contributed by atoms with Crippen molar-refractivity contribution >= 4 is 33.4 Å². The van der Waals surface area contributed by atoms with Gasteiger partial charge in [-0.05, 0) is 67.8 Å². The quantitative estimate of drug-likeness (QED) is 0.340. The largest absolute Gasteiger partial charge is 0.490 e. The van der Waals surface area contributed by atoms with E-state index in [1.807, 2.05) is 45.0 Å². The Hall–Kier alpha value is -3.71. The number of hydrogen-bond acceptors (Lipinski definition) is 5. The van der Waals surface area contributed by atoms with E-state index in [1.165, 1.54) is 17.4 Å². The van der Waals surface area contributed by atoms with Crippen LogP contribution in [0.5, 0.6) is 11.5 Å². The van der Waals surface area contributed by atoms with E-state index in [4.69, 9.17) is 9.47 Å². The van der Waals surface area contributed by atoms with E-state index in [-0.39, 0.29) is 18.0 Å². The summed E-state index contributed by atoms with van der Waals surface area (Å²) in [5, 5.41) is 0. The van der Waals surface area contributed by atoms with Crippen molar-refractivity contribution in [1.29, 1.82) is 0 Å². The smallest absolute Gasteiger partial charge is 0.274 e. The summed E-state index contributed by atoms with van der Waals surface area (Å²) in [4.78, 5) is 18.6. The van der Waals surface area contributed by atoms with Crippen LogP contribution in [0.2, 0.25) is 0 Å². The van der Waals surface area contributed by atoms with Crippen LogP contribution in [0.4, 0.5) is 4.39 Å². The number of ether oxygens (including phenoxy) is 2. The van der Waals surface area contributed by atoms with Gasteiger partial charge in [0.2, 0.25) is 0 Å². The van der Waals surface area contributed by atoms with Gasteiger partial charge in [0.25, 0.3) is 5.56 Å². The monoisotopic (exact) mass is 474 g/mol. The van der Waals surface area contributed by atoms with Gasteiger partial charge in [0.15, 0.2) is 16.5 Å². The molecule has 0 N–H and O–H groups in total. The van der Waals surface area contributed by atoms with Crippen LogP contribution in [0.1, 0.15) is 29.2 Å². The van der Waals surface area contributed by atoms with Gasteiger partial charge < -0.3 is 9.47 Å². The number of hydrogen-bond donors (Lipinski definition) is 0. The van der Waals surface area contributed by atoms with Gasteiger partial charge in [-0.25, -0.2) is 13.8 Å². The second kappa shape index (κ2) is 8.91. The van der Waals surface area contributed by atoms with E-state index in [9.17, 15) is 9.18 Å². The van der Waals surface area contributed by atoms with Crippen LogP contribution in [0.3, 0.4) is 0 Å². The van der Waals surface area contributed by atoms with Crippen LogP contribution in [-0.4, -0.2) is 16.0 Å². The van der Waals surface area contributed by atoms with Gasteiger partial charge in [-0.2, -0.15) is 0 Å². The van der Waals surface area contributed by atoms with Gasteiger partial charge >= 0.3 is 0 Å². The molecule has 0 aliphatic carbocycles. The van der Waals surface area contributed by atoms with Crippen molar-refractivity contribution in [3.63, 3.8) is 0 Å². The minimum absolute atomic E-state index is 0.0918. The standard InChI is InChI=1S/C27H23FN2O3S/c1-4-32-23-13-18(9-10-22(23)33-15-19-7-5-6-8-20(19)28)14-24-26(31)30-21-12-16(2)11-17(3)25(21)29-27(30)34-24/h5-14H,4,15H2,1-3H3. The molecule has 0 saturated heterocycles. The highest BCUT2D eigenvalue weighted by Gasteiger charge is 2.14. The third-order valence-electron chi connectivity index (χ3n) is 5.59. The van der Waals surface area contributed by atoms with E-state index in [1.54, 1.807) is 28.7 Å². The summed E-state index contributed by atoms with van der Waals surface area (Å²) < 4.78 is 27.8. The zero-order valence-electron chi connectivity index (χ0n) is 19.1. The lowest BCUT2D eigenvalue weighted by Crippen LogP contribution is -2.22. The fourth-order valence-electron chi connectivity index (χ4n) is 4.03. The molecule has 0 bridgehead atoms. The molecule has 0 spiro atoms. The van der Waals surface area contributed by atoms with Gasteiger partial charge in [0.05, 0.1) is 22.2 Å². The number of benzene rings is 3. The van der Waals surface area contributed by atoms with Crippen molar-refractivity contribution in [3.8, 4) is 11.5 Å². The Morgan fingerprint density at radius 3 is 2.68 bits per heavy atom. The number of rotatable bonds is 6. The molecule has 3 aromatic carbocycles. The molecule has 5 nitrogen and oxygen atoms in total. The molecule has 172 valence electrons. The number of nitrogens with zero attached hydrogens (tertiary/aromatic N) is 2. The van der Waals surface area contributed by atoms with Crippen LogP contribution >= 0.6 is 11.3 Å². The van der Waals surface area contributed by atoms with Gasteiger partial charge in [-0.3, -0.25) is 4.79 Å². The molecule has 2 aromatic heterocycles. The maximum Gasteiger partial charge on any atom is 0.274 e. The number of thiazole rings is 1. The molecule has 2 heterocycles. The van der Waals surface area contributed by atoms with E-state index in [0.717, 1.165) is 27.7 Å². The first-order valence-corrected chi connectivity index (χ1v) is 11.8. The first-order chi connectivity index (χ1) is 16.4. The second-order valence-corrected chi connectivity index (χ2v) is 9.12. The summed E-state index contributed by atoms with van der Waals surface area (Å²) in [5.74, 6) is 0.745. The lowest BCUT2D eigenvalue weighted by molar-refractivity contribution is 0.266. The van der Waals surface area contributed by atoms with Crippen LogP contribution in [0, 0.1) is 19.7 Å². The minimum Gasteiger partial charge on any atom is -0.490 e. The summed E-state index contributed by atoms with van der Waals surface area (Å²) in [6.07, 6.45) is 1.83. The van der Waals surface area contributed by atoms with Crippen LogP contribution in [0.15, 0.2) is 59.4 Å². The highest BCUT2D eigenvalue weighted by Crippen LogP contribution is 2.30. The Morgan fingerprint density at radius 2 is 1.88 bits per heavy atom. The molecule has 0 amide bonds. The Balaban J connectivity index is 1.52. The number of aryl methyl sites for hydroxylation is 2. The fourth-order valence-corrected chi connectivity index (χ4v) is 5.01. The van der Waals surface area contributed by atoms with E-state index in [2.05, 4.69) is 11.1 Å². The van der Waals surface area contributed by atoms with E-state index < -0.39 is 0 Å². The van der Waals surface area contributed by atoms with Gasteiger partial charge in [0.1, 0.15) is 12.4 Å². The maximum absolute atomic E-state index is 13.9. The third-order valence-corrected chi connectivity index (χ3v) is 6.55. The molecule has 0 aliphatic rings. The predicted octanol–water partition coefficient (Wildman–Crippen LogP) is 5.19. The van der Waals surface area contributed by atoms with Crippen molar-refractivity contribution in [2.45, 2.75) is 27.4 Å². The van der Waals surface area contributed by atoms with Crippen LogP contribution < -0.4 is 19.6 Å². The van der Waals surface area contributed by atoms with Gasteiger partial charge in [-0.1, -0.05) is 41.7 Å². The van der Waals surface area contributed by atoms with Gasteiger partial charge in [-0.15, -0.1) is 0 Å². The van der Waals surface area contributed by atoms with Crippen molar-refractivity contribution in [2.75, 3.05) is 6.61 Å². The Morgan fingerprint density at radius 1 is 1.06 bits per heavy atom.